The van der Waals surface area contributed by atoms with Gasteiger partial charge in [0, 0.05) is 6.07 Å². The second-order valence-corrected chi connectivity index (χ2v) is 6.53. The molecule has 0 aliphatic heterocycles. The summed E-state index contributed by atoms with van der Waals surface area (Å²) in [7, 11) is 3.05. The second-order valence-electron chi connectivity index (χ2n) is 6.53. The molecule has 0 atom stereocenters. The Balaban J connectivity index is 0.000000235. The SMILES string of the molecule is COc1cc(CC(=O)O)cc(OC)c1.O=C(O)c1ccc(-c2ccccc2)cc1C(=O)O. The molecule has 0 radical (unpaired) electrons. The van der Waals surface area contributed by atoms with Crippen LogP contribution in [-0.4, -0.2) is 47.4 Å². The van der Waals surface area contributed by atoms with E-state index in [1.165, 1.54) is 26.4 Å². The predicted molar refractivity (Wildman–Crippen MR) is 117 cm³/mol. The number of carboxylic acids is 3. The van der Waals surface area contributed by atoms with Crippen molar-refractivity contribution in [1.29, 1.82) is 0 Å². The van der Waals surface area contributed by atoms with E-state index < -0.39 is 17.9 Å². The zero-order valence-corrected chi connectivity index (χ0v) is 17.4. The molecule has 3 rings (SSSR count). The number of aliphatic carboxylic acids is 1. The maximum atomic E-state index is 11.0. The fourth-order valence-corrected chi connectivity index (χ4v) is 2.86. The van der Waals surface area contributed by atoms with Crippen molar-refractivity contribution < 1.29 is 39.2 Å². The Morgan fingerprint density at radius 3 is 1.72 bits per heavy atom. The first-order chi connectivity index (χ1) is 15.2. The molecule has 0 aliphatic carbocycles. The van der Waals surface area contributed by atoms with Gasteiger partial charge in [0.05, 0.1) is 31.8 Å². The Morgan fingerprint density at radius 2 is 1.25 bits per heavy atom. The number of benzene rings is 3. The molecule has 0 aromatic heterocycles. The van der Waals surface area contributed by atoms with Crippen molar-refractivity contribution in [2.24, 2.45) is 0 Å². The minimum atomic E-state index is -1.25. The minimum Gasteiger partial charge on any atom is -0.497 e. The average molecular weight is 438 g/mol. The highest BCUT2D eigenvalue weighted by molar-refractivity contribution is 6.02. The number of rotatable bonds is 7. The van der Waals surface area contributed by atoms with E-state index >= 15 is 0 Å². The molecule has 8 heteroatoms. The summed E-state index contributed by atoms with van der Waals surface area (Å²) in [5, 5.41) is 26.5. The van der Waals surface area contributed by atoms with Crippen LogP contribution in [0, 0.1) is 0 Å². The summed E-state index contributed by atoms with van der Waals surface area (Å²) in [5.41, 5.74) is 1.77. The Kier molecular flexibility index (Phi) is 8.36. The van der Waals surface area contributed by atoms with E-state index in [1.807, 2.05) is 30.3 Å². The molecule has 0 saturated heterocycles. The zero-order valence-electron chi connectivity index (χ0n) is 17.4. The Labute approximate surface area is 184 Å². The molecule has 3 N–H and O–H groups in total. The van der Waals surface area contributed by atoms with Crippen molar-refractivity contribution >= 4 is 17.9 Å². The number of methoxy groups -OCH3 is 2. The molecule has 3 aromatic rings. The summed E-state index contributed by atoms with van der Waals surface area (Å²) in [5.74, 6) is -2.17. The molecule has 0 unspecified atom stereocenters. The summed E-state index contributed by atoms with van der Waals surface area (Å²) in [4.78, 5) is 32.4. The van der Waals surface area contributed by atoms with E-state index in [0.717, 1.165) is 5.56 Å². The quantitative estimate of drug-likeness (QED) is 0.503. The molecule has 0 fully saturated rings. The van der Waals surface area contributed by atoms with Crippen molar-refractivity contribution in [3.05, 3.63) is 83.4 Å². The van der Waals surface area contributed by atoms with E-state index in [-0.39, 0.29) is 17.5 Å². The second kappa shape index (κ2) is 11.2. The first-order valence-electron chi connectivity index (χ1n) is 9.35. The Hall–Kier alpha value is -4.33. The van der Waals surface area contributed by atoms with Crippen LogP contribution in [0.25, 0.3) is 11.1 Å². The molecule has 0 heterocycles. The normalized spacial score (nSPS) is 9.81. The highest BCUT2D eigenvalue weighted by atomic mass is 16.5. The van der Waals surface area contributed by atoms with E-state index in [2.05, 4.69) is 0 Å². The van der Waals surface area contributed by atoms with Gasteiger partial charge < -0.3 is 24.8 Å². The third-order valence-electron chi connectivity index (χ3n) is 4.35. The number of ether oxygens (including phenoxy) is 2. The lowest BCUT2D eigenvalue weighted by molar-refractivity contribution is -0.136. The topological polar surface area (TPSA) is 130 Å². The van der Waals surface area contributed by atoms with Crippen LogP contribution in [0.4, 0.5) is 0 Å². The van der Waals surface area contributed by atoms with Gasteiger partial charge in [-0.1, -0.05) is 36.4 Å². The first kappa shape index (κ1) is 23.9. The molecule has 0 spiro atoms. The first-order valence-corrected chi connectivity index (χ1v) is 9.35. The standard InChI is InChI=1S/C14H10O4.C10H12O4/c15-13(16)11-7-6-10(8-12(11)14(17)18)9-4-2-1-3-5-9;1-13-8-3-7(5-10(11)12)4-9(6-8)14-2/h1-8H,(H,15,16)(H,17,18);3-4,6H,5H2,1-2H3,(H,11,12). The van der Waals surface area contributed by atoms with Crippen LogP contribution in [0.5, 0.6) is 11.5 Å². The molecule has 32 heavy (non-hydrogen) atoms. The summed E-state index contributed by atoms with van der Waals surface area (Å²) in [6, 6.07) is 18.5. The Morgan fingerprint density at radius 1 is 0.688 bits per heavy atom. The van der Waals surface area contributed by atoms with Gasteiger partial charge >= 0.3 is 17.9 Å². The maximum Gasteiger partial charge on any atom is 0.336 e. The number of carbonyl (C=O) groups is 3. The van der Waals surface area contributed by atoms with E-state index in [4.69, 9.17) is 24.8 Å². The molecule has 8 nitrogen and oxygen atoms in total. The van der Waals surface area contributed by atoms with Gasteiger partial charge in [0.1, 0.15) is 11.5 Å². The van der Waals surface area contributed by atoms with Crippen LogP contribution in [-0.2, 0) is 11.2 Å². The minimum absolute atomic E-state index is 0.0342. The van der Waals surface area contributed by atoms with Crippen LogP contribution < -0.4 is 9.47 Å². The molecule has 166 valence electrons. The lowest BCUT2D eigenvalue weighted by Crippen LogP contribution is -2.07. The highest BCUT2D eigenvalue weighted by Gasteiger charge is 2.16. The largest absolute Gasteiger partial charge is 0.497 e. The fraction of sp³-hybridized carbons (Fsp3) is 0.125. The average Bonchev–Trinajstić information content (AvgIpc) is 2.78. The number of aromatic carboxylic acids is 2. The van der Waals surface area contributed by atoms with Crippen molar-refractivity contribution in [2.75, 3.05) is 14.2 Å². The third-order valence-corrected chi connectivity index (χ3v) is 4.35. The predicted octanol–water partition coefficient (Wildman–Crippen LogP) is 4.08. The van der Waals surface area contributed by atoms with Crippen LogP contribution >= 0.6 is 0 Å². The summed E-state index contributed by atoms with van der Waals surface area (Å²) < 4.78 is 10.0. The zero-order chi connectivity index (χ0) is 23.7. The van der Waals surface area contributed by atoms with Crippen LogP contribution in [0.15, 0.2) is 66.7 Å². The third kappa shape index (κ3) is 6.60. The summed E-state index contributed by atoms with van der Waals surface area (Å²) in [6.45, 7) is 0. The summed E-state index contributed by atoms with van der Waals surface area (Å²) >= 11 is 0. The number of carboxylic acid groups (broad SMARTS) is 3. The smallest absolute Gasteiger partial charge is 0.336 e. The molecule has 0 amide bonds. The van der Waals surface area contributed by atoms with Gasteiger partial charge in [-0.15, -0.1) is 0 Å². The lowest BCUT2D eigenvalue weighted by Gasteiger charge is -2.06. The van der Waals surface area contributed by atoms with E-state index in [1.54, 1.807) is 24.3 Å². The van der Waals surface area contributed by atoms with Gasteiger partial charge in [-0.2, -0.15) is 0 Å². The molecular weight excluding hydrogens is 416 g/mol. The van der Waals surface area contributed by atoms with Gasteiger partial charge in [0.25, 0.3) is 0 Å². The fourth-order valence-electron chi connectivity index (χ4n) is 2.86. The van der Waals surface area contributed by atoms with Gasteiger partial charge in [-0.25, -0.2) is 9.59 Å². The van der Waals surface area contributed by atoms with E-state index in [0.29, 0.717) is 22.6 Å². The van der Waals surface area contributed by atoms with Crippen LogP contribution in [0.2, 0.25) is 0 Å². The van der Waals surface area contributed by atoms with Crippen molar-refractivity contribution in [3.8, 4) is 22.6 Å². The van der Waals surface area contributed by atoms with Gasteiger partial charge in [0.2, 0.25) is 0 Å². The monoisotopic (exact) mass is 438 g/mol. The van der Waals surface area contributed by atoms with Crippen molar-refractivity contribution in [1.82, 2.24) is 0 Å². The molecule has 3 aromatic carbocycles. The van der Waals surface area contributed by atoms with Gasteiger partial charge in [-0.3, -0.25) is 4.79 Å². The molecule has 0 saturated carbocycles. The number of hydrogen-bond acceptors (Lipinski definition) is 5. The van der Waals surface area contributed by atoms with Crippen molar-refractivity contribution in [3.63, 3.8) is 0 Å². The number of hydrogen-bond donors (Lipinski definition) is 3. The highest BCUT2D eigenvalue weighted by Crippen LogP contribution is 2.23. The summed E-state index contributed by atoms with van der Waals surface area (Å²) in [6.07, 6.45) is -0.0342. The Bertz CT molecular complexity index is 1080. The van der Waals surface area contributed by atoms with Crippen molar-refractivity contribution in [2.45, 2.75) is 6.42 Å². The molecule has 0 bridgehead atoms. The lowest BCUT2D eigenvalue weighted by atomic mass is 9.99. The van der Waals surface area contributed by atoms with E-state index in [9.17, 15) is 14.4 Å². The van der Waals surface area contributed by atoms with Gasteiger partial charge in [-0.05, 0) is 41.0 Å². The van der Waals surface area contributed by atoms with Gasteiger partial charge in [0.15, 0.2) is 0 Å². The van der Waals surface area contributed by atoms with Crippen LogP contribution in [0.1, 0.15) is 26.3 Å². The van der Waals surface area contributed by atoms with Crippen LogP contribution in [0.3, 0.4) is 0 Å². The molecule has 0 aliphatic rings. The maximum absolute atomic E-state index is 11.0. The molecular formula is C24H22O8.